The number of hydrogen-bond donors (Lipinski definition) is 2. The highest BCUT2D eigenvalue weighted by Crippen LogP contribution is 2.46. The lowest BCUT2D eigenvalue weighted by Crippen LogP contribution is -2.46. The van der Waals surface area contributed by atoms with E-state index in [9.17, 15) is 14.7 Å². The predicted octanol–water partition coefficient (Wildman–Crippen LogP) is 2.25. The zero-order valence-corrected chi connectivity index (χ0v) is 17.0. The third kappa shape index (κ3) is 3.55. The molecule has 0 unspecified atom stereocenters. The van der Waals surface area contributed by atoms with Crippen molar-refractivity contribution < 1.29 is 24.2 Å². The van der Waals surface area contributed by atoms with Crippen molar-refractivity contribution >= 4 is 11.7 Å². The van der Waals surface area contributed by atoms with Crippen LogP contribution in [-0.4, -0.2) is 55.1 Å². The van der Waals surface area contributed by atoms with Gasteiger partial charge in [-0.15, -0.1) is 0 Å². The smallest absolute Gasteiger partial charge is 0.253 e. The average molecular weight is 410 g/mol. The summed E-state index contributed by atoms with van der Waals surface area (Å²) in [6.45, 7) is 2.14. The van der Waals surface area contributed by atoms with E-state index in [1.807, 2.05) is 12.1 Å². The molecule has 3 N–H and O–H groups in total. The van der Waals surface area contributed by atoms with E-state index >= 15 is 0 Å². The molecule has 1 saturated heterocycles. The topological polar surface area (TPSA) is 102 Å². The molecule has 0 aliphatic carbocycles. The molecule has 1 fully saturated rings. The van der Waals surface area contributed by atoms with Crippen LogP contribution >= 0.6 is 0 Å². The molecule has 2 heterocycles. The van der Waals surface area contributed by atoms with E-state index in [2.05, 4.69) is 6.07 Å². The van der Waals surface area contributed by atoms with Gasteiger partial charge in [0.05, 0.1) is 12.2 Å². The van der Waals surface area contributed by atoms with E-state index in [0.29, 0.717) is 31.8 Å². The molecule has 30 heavy (non-hydrogen) atoms. The second-order valence-corrected chi connectivity index (χ2v) is 7.98. The van der Waals surface area contributed by atoms with Crippen molar-refractivity contribution in [3.63, 3.8) is 0 Å². The lowest BCUT2D eigenvalue weighted by Gasteiger charge is -2.38. The summed E-state index contributed by atoms with van der Waals surface area (Å²) in [6.07, 6.45) is 1.60. The molecule has 7 heteroatoms. The van der Waals surface area contributed by atoms with E-state index in [0.717, 1.165) is 24.2 Å². The second kappa shape index (κ2) is 8.08. The highest BCUT2D eigenvalue weighted by atomic mass is 16.5. The number of amides is 1. The van der Waals surface area contributed by atoms with Gasteiger partial charge in [0, 0.05) is 43.3 Å². The van der Waals surface area contributed by atoms with Gasteiger partial charge in [-0.1, -0.05) is 12.1 Å². The first-order valence-corrected chi connectivity index (χ1v) is 10.1. The fraction of sp³-hybridized carbons (Fsp3) is 0.391. The fourth-order valence-corrected chi connectivity index (χ4v) is 4.37. The summed E-state index contributed by atoms with van der Waals surface area (Å²) < 4.78 is 10.8. The van der Waals surface area contributed by atoms with Crippen LogP contribution in [-0.2, 0) is 16.7 Å². The number of ketones is 1. The third-order valence-electron chi connectivity index (χ3n) is 6.18. The molecule has 0 radical (unpaired) electrons. The molecule has 158 valence electrons. The Morgan fingerprint density at radius 2 is 1.97 bits per heavy atom. The Hall–Kier alpha value is -2.90. The van der Waals surface area contributed by atoms with Crippen molar-refractivity contribution in [2.45, 2.75) is 24.8 Å². The van der Waals surface area contributed by atoms with Crippen LogP contribution in [0.2, 0.25) is 0 Å². The molecule has 2 aromatic carbocycles. The van der Waals surface area contributed by atoms with Crippen LogP contribution < -0.4 is 10.5 Å². The van der Waals surface area contributed by atoms with Crippen molar-refractivity contribution in [1.29, 1.82) is 0 Å². The molecule has 0 aromatic heterocycles. The van der Waals surface area contributed by atoms with Crippen LogP contribution in [0, 0.1) is 0 Å². The van der Waals surface area contributed by atoms with Crippen molar-refractivity contribution in [2.75, 3.05) is 33.4 Å². The zero-order chi connectivity index (χ0) is 21.3. The summed E-state index contributed by atoms with van der Waals surface area (Å²) in [7, 11) is 1.41. The van der Waals surface area contributed by atoms with Gasteiger partial charge in [-0.3, -0.25) is 9.59 Å². The largest absolute Gasteiger partial charge is 0.507 e. The van der Waals surface area contributed by atoms with E-state index < -0.39 is 0 Å². The summed E-state index contributed by atoms with van der Waals surface area (Å²) in [4.78, 5) is 27.0. The standard InChI is InChI=1S/C23H26N2O5/c1-29-13-20(27)17-11-16(3-4-19(17)26)22(28)25-8-6-23(7-9-25)14-30-21-5-2-15(12-24)10-18(21)23/h2-5,10-11,26H,6-9,12-14,24H2,1H3. The Kier molecular flexibility index (Phi) is 5.49. The first-order valence-electron chi connectivity index (χ1n) is 10.1. The number of hydrogen-bond acceptors (Lipinski definition) is 6. The van der Waals surface area contributed by atoms with E-state index in [4.69, 9.17) is 15.2 Å². The average Bonchev–Trinajstić information content (AvgIpc) is 3.11. The van der Waals surface area contributed by atoms with Crippen molar-refractivity contribution in [3.8, 4) is 11.5 Å². The number of fused-ring (bicyclic) bond motifs is 2. The van der Waals surface area contributed by atoms with Gasteiger partial charge >= 0.3 is 0 Å². The molecule has 2 aliphatic heterocycles. The number of Topliss-reactive ketones (excluding diaryl/α,β-unsaturated/α-hetero) is 1. The summed E-state index contributed by atoms with van der Waals surface area (Å²) in [5.41, 5.74) is 8.47. The number of ether oxygens (including phenoxy) is 2. The third-order valence-corrected chi connectivity index (χ3v) is 6.18. The van der Waals surface area contributed by atoms with Crippen molar-refractivity contribution in [1.82, 2.24) is 4.90 Å². The maximum absolute atomic E-state index is 13.0. The molecule has 0 atom stereocenters. The minimum Gasteiger partial charge on any atom is -0.507 e. The quantitative estimate of drug-likeness (QED) is 0.733. The lowest BCUT2D eigenvalue weighted by atomic mass is 9.74. The highest BCUT2D eigenvalue weighted by Gasteiger charge is 2.44. The Balaban J connectivity index is 1.50. The number of likely N-dealkylation sites (tertiary alicyclic amines) is 1. The number of rotatable bonds is 5. The Morgan fingerprint density at radius 3 is 2.67 bits per heavy atom. The SMILES string of the molecule is COCC(=O)c1cc(C(=O)N2CCC3(CC2)COc2ccc(CN)cc23)ccc1O. The molecule has 7 nitrogen and oxygen atoms in total. The van der Waals surface area contributed by atoms with Crippen LogP contribution in [0.3, 0.4) is 0 Å². The Morgan fingerprint density at radius 1 is 1.20 bits per heavy atom. The molecule has 1 amide bonds. The monoisotopic (exact) mass is 410 g/mol. The fourth-order valence-electron chi connectivity index (χ4n) is 4.37. The van der Waals surface area contributed by atoms with Gasteiger partial charge < -0.3 is 25.2 Å². The summed E-state index contributed by atoms with van der Waals surface area (Å²) >= 11 is 0. The number of phenols is 1. The number of nitrogens with zero attached hydrogens (tertiary/aromatic N) is 1. The Bertz CT molecular complexity index is 980. The van der Waals surface area contributed by atoms with Gasteiger partial charge in [-0.2, -0.15) is 0 Å². The highest BCUT2D eigenvalue weighted by molar-refractivity contribution is 6.03. The molecular weight excluding hydrogens is 384 g/mol. The maximum atomic E-state index is 13.0. The number of carbonyl (C=O) groups is 2. The molecule has 2 aromatic rings. The van der Waals surface area contributed by atoms with E-state index in [1.54, 1.807) is 11.0 Å². The van der Waals surface area contributed by atoms with Gasteiger partial charge in [0.2, 0.25) is 0 Å². The molecule has 4 rings (SSSR count). The second-order valence-electron chi connectivity index (χ2n) is 7.98. The summed E-state index contributed by atoms with van der Waals surface area (Å²) in [6, 6.07) is 10.5. The van der Waals surface area contributed by atoms with Crippen LogP contribution in [0.1, 0.15) is 44.7 Å². The van der Waals surface area contributed by atoms with Crippen LogP contribution in [0.15, 0.2) is 36.4 Å². The molecule has 2 aliphatic rings. The molecule has 0 bridgehead atoms. The predicted molar refractivity (Wildman–Crippen MR) is 111 cm³/mol. The number of methoxy groups -OCH3 is 1. The Labute approximate surface area is 175 Å². The normalized spacial score (nSPS) is 16.9. The van der Waals surface area contributed by atoms with Gasteiger partial charge in [-0.05, 0) is 42.7 Å². The van der Waals surface area contributed by atoms with Gasteiger partial charge in [0.1, 0.15) is 18.1 Å². The van der Waals surface area contributed by atoms with E-state index in [1.165, 1.54) is 24.8 Å². The zero-order valence-electron chi connectivity index (χ0n) is 17.0. The summed E-state index contributed by atoms with van der Waals surface area (Å²) in [5, 5.41) is 9.98. The maximum Gasteiger partial charge on any atom is 0.253 e. The minimum absolute atomic E-state index is 0.0914. The number of piperidine rings is 1. The number of nitrogens with two attached hydrogens (primary N) is 1. The number of aromatic hydroxyl groups is 1. The molecule has 0 saturated carbocycles. The number of carbonyl (C=O) groups excluding carboxylic acids is 2. The van der Waals surface area contributed by atoms with Crippen LogP contribution in [0.5, 0.6) is 11.5 Å². The van der Waals surface area contributed by atoms with Crippen LogP contribution in [0.25, 0.3) is 0 Å². The van der Waals surface area contributed by atoms with Gasteiger partial charge in [0.25, 0.3) is 5.91 Å². The first-order chi connectivity index (χ1) is 14.5. The summed E-state index contributed by atoms with van der Waals surface area (Å²) in [5.74, 6) is 0.247. The van der Waals surface area contributed by atoms with Crippen molar-refractivity contribution in [3.05, 3.63) is 58.7 Å². The van der Waals surface area contributed by atoms with Crippen LogP contribution in [0.4, 0.5) is 0 Å². The van der Waals surface area contributed by atoms with Crippen molar-refractivity contribution in [2.24, 2.45) is 5.73 Å². The minimum atomic E-state index is -0.363. The number of benzene rings is 2. The number of phenolic OH excluding ortho intramolecular Hbond substituents is 1. The van der Waals surface area contributed by atoms with Gasteiger partial charge in [-0.25, -0.2) is 0 Å². The molecule has 1 spiro atoms. The first kappa shape index (κ1) is 20.4. The van der Waals surface area contributed by atoms with Gasteiger partial charge in [0.15, 0.2) is 5.78 Å². The lowest BCUT2D eigenvalue weighted by molar-refractivity contribution is 0.0646. The van der Waals surface area contributed by atoms with E-state index in [-0.39, 0.29) is 35.0 Å². The molecular formula is C23H26N2O5.